The van der Waals surface area contributed by atoms with Gasteiger partial charge in [-0.15, -0.1) is 0 Å². The zero-order chi connectivity index (χ0) is 14.4. The van der Waals surface area contributed by atoms with Crippen LogP contribution in [0.4, 0.5) is 0 Å². The van der Waals surface area contributed by atoms with Gasteiger partial charge in [0.25, 0.3) is 0 Å². The number of hydrogen-bond acceptors (Lipinski definition) is 2. The first-order valence-corrected chi connectivity index (χ1v) is 9.63. The summed E-state index contributed by atoms with van der Waals surface area (Å²) in [7, 11) is 2.26. The highest BCUT2D eigenvalue weighted by atomic mass is 16.7. The van der Waals surface area contributed by atoms with E-state index in [0.29, 0.717) is 11.6 Å². The summed E-state index contributed by atoms with van der Waals surface area (Å²) in [6.07, 6.45) is 16.2. The van der Waals surface area contributed by atoms with E-state index in [2.05, 4.69) is 19.0 Å². The van der Waals surface area contributed by atoms with Crippen LogP contribution < -0.4 is 0 Å². The van der Waals surface area contributed by atoms with Gasteiger partial charge in [-0.25, -0.2) is 0 Å². The average Bonchev–Trinajstić information content (AvgIpc) is 2.78. The normalized spacial score (nSPS) is 48.6. The maximum atomic E-state index is 6.35. The van der Waals surface area contributed by atoms with E-state index in [9.17, 15) is 0 Å². The van der Waals surface area contributed by atoms with Crippen LogP contribution in [0.2, 0.25) is 0 Å². The van der Waals surface area contributed by atoms with Gasteiger partial charge in [0.2, 0.25) is 0 Å². The molecular weight excluding hydrogens is 258 g/mol. The molecule has 5 aliphatic rings. The van der Waals surface area contributed by atoms with Gasteiger partial charge in [0.05, 0.1) is 11.6 Å². The van der Waals surface area contributed by atoms with Crippen LogP contribution in [-0.2, 0) is 4.84 Å². The number of nitrogens with zero attached hydrogens (tertiary/aromatic N) is 1. The molecule has 4 bridgehead atoms. The Balaban J connectivity index is 1.43. The largest absolute Gasteiger partial charge is 0.295 e. The fraction of sp³-hybridized carbons (Fsp3) is 1.00. The van der Waals surface area contributed by atoms with Crippen molar-refractivity contribution in [3.63, 3.8) is 0 Å². The van der Waals surface area contributed by atoms with E-state index in [1.807, 2.05) is 0 Å². The highest BCUT2D eigenvalue weighted by molar-refractivity contribution is 5.12. The molecular formula is C19H33NO. The van der Waals surface area contributed by atoms with Crippen molar-refractivity contribution in [3.05, 3.63) is 0 Å². The summed E-state index contributed by atoms with van der Waals surface area (Å²) in [4.78, 5) is 6.35. The van der Waals surface area contributed by atoms with E-state index in [1.54, 1.807) is 6.42 Å². The van der Waals surface area contributed by atoms with E-state index in [4.69, 9.17) is 4.84 Å². The Hall–Kier alpha value is -0.0800. The molecule has 5 fully saturated rings. The molecule has 0 aromatic heterocycles. The summed E-state index contributed by atoms with van der Waals surface area (Å²) in [6, 6.07) is 0. The standard InChI is InChI=1S/C19H33NO/c1-3-4-5-6-7-18-13-19(20(2)21-18)16-9-14-8-15(11-16)12-17(19)10-14/h14-18H,3-13H2,1-2H3. The van der Waals surface area contributed by atoms with Gasteiger partial charge < -0.3 is 0 Å². The molecule has 21 heavy (non-hydrogen) atoms. The first-order chi connectivity index (χ1) is 10.2. The monoisotopic (exact) mass is 291 g/mol. The Morgan fingerprint density at radius 1 is 0.952 bits per heavy atom. The van der Waals surface area contributed by atoms with Crippen molar-refractivity contribution in [1.29, 1.82) is 0 Å². The molecule has 1 saturated heterocycles. The Bertz CT molecular complexity index is 352. The summed E-state index contributed by atoms with van der Waals surface area (Å²) in [5.74, 6) is 4.02. The molecule has 0 radical (unpaired) electrons. The van der Waals surface area contributed by atoms with E-state index in [1.165, 1.54) is 64.2 Å². The van der Waals surface area contributed by atoms with Gasteiger partial charge in [-0.1, -0.05) is 32.6 Å². The molecule has 0 aromatic carbocycles. The van der Waals surface area contributed by atoms with Gasteiger partial charge >= 0.3 is 0 Å². The average molecular weight is 291 g/mol. The van der Waals surface area contributed by atoms with Gasteiger partial charge in [-0.2, -0.15) is 5.06 Å². The summed E-state index contributed by atoms with van der Waals surface area (Å²) >= 11 is 0. The molecule has 2 heteroatoms. The maximum absolute atomic E-state index is 6.35. The second-order valence-corrected chi connectivity index (χ2v) is 8.57. The van der Waals surface area contributed by atoms with Crippen LogP contribution in [0, 0.1) is 23.7 Å². The lowest BCUT2D eigenvalue weighted by molar-refractivity contribution is -0.228. The van der Waals surface area contributed by atoms with Crippen molar-refractivity contribution in [2.45, 2.75) is 89.2 Å². The van der Waals surface area contributed by atoms with E-state index >= 15 is 0 Å². The first kappa shape index (κ1) is 14.5. The molecule has 0 N–H and O–H groups in total. The lowest BCUT2D eigenvalue weighted by Gasteiger charge is -2.61. The third kappa shape index (κ3) is 2.28. The second-order valence-electron chi connectivity index (χ2n) is 8.57. The van der Waals surface area contributed by atoms with Crippen molar-refractivity contribution < 1.29 is 4.84 Å². The van der Waals surface area contributed by atoms with E-state index in [0.717, 1.165) is 23.7 Å². The topological polar surface area (TPSA) is 12.5 Å². The first-order valence-electron chi connectivity index (χ1n) is 9.63. The van der Waals surface area contributed by atoms with Gasteiger partial charge in [-0.05, 0) is 68.6 Å². The molecule has 1 unspecified atom stereocenters. The minimum Gasteiger partial charge on any atom is -0.295 e. The minimum absolute atomic E-state index is 0.433. The molecule has 1 heterocycles. The lowest BCUT2D eigenvalue weighted by atomic mass is 9.47. The third-order valence-electron chi connectivity index (χ3n) is 7.38. The molecule has 0 aromatic rings. The molecule has 5 rings (SSSR count). The van der Waals surface area contributed by atoms with Crippen LogP contribution in [0.15, 0.2) is 0 Å². The SMILES string of the molecule is CCCCCCC1CC2(C3CC4CC(C3)CC2C4)N(C)O1. The number of hydroxylamine groups is 2. The maximum Gasteiger partial charge on any atom is 0.0812 e. The summed E-state index contributed by atoms with van der Waals surface area (Å²) in [5.41, 5.74) is 0.433. The molecule has 1 spiro atoms. The van der Waals surface area contributed by atoms with Gasteiger partial charge in [0.1, 0.15) is 0 Å². The van der Waals surface area contributed by atoms with Gasteiger partial charge in [0.15, 0.2) is 0 Å². The van der Waals surface area contributed by atoms with Crippen LogP contribution in [0.25, 0.3) is 0 Å². The zero-order valence-corrected chi connectivity index (χ0v) is 14.0. The van der Waals surface area contributed by atoms with Crippen LogP contribution in [0.3, 0.4) is 0 Å². The molecule has 2 nitrogen and oxygen atoms in total. The molecule has 120 valence electrons. The van der Waals surface area contributed by atoms with Crippen LogP contribution in [0.1, 0.15) is 77.6 Å². The summed E-state index contributed by atoms with van der Waals surface area (Å²) < 4.78 is 0. The number of unbranched alkanes of at least 4 members (excludes halogenated alkanes) is 3. The molecule has 4 saturated carbocycles. The third-order valence-corrected chi connectivity index (χ3v) is 7.38. The summed E-state index contributed by atoms with van der Waals surface area (Å²) in [5, 5.41) is 2.37. The number of rotatable bonds is 5. The molecule has 1 atom stereocenters. The van der Waals surface area contributed by atoms with Gasteiger partial charge in [-0.3, -0.25) is 4.84 Å². The Morgan fingerprint density at radius 2 is 1.62 bits per heavy atom. The van der Waals surface area contributed by atoms with Crippen molar-refractivity contribution >= 4 is 0 Å². The molecule has 0 amide bonds. The second kappa shape index (κ2) is 5.53. The summed E-state index contributed by atoms with van der Waals surface area (Å²) in [6.45, 7) is 2.30. The highest BCUT2D eigenvalue weighted by Crippen LogP contribution is 2.63. The van der Waals surface area contributed by atoms with Crippen LogP contribution in [-0.4, -0.2) is 23.8 Å². The van der Waals surface area contributed by atoms with Crippen molar-refractivity contribution in [1.82, 2.24) is 5.06 Å². The lowest BCUT2D eigenvalue weighted by Crippen LogP contribution is -2.62. The highest BCUT2D eigenvalue weighted by Gasteiger charge is 2.62. The Labute approximate surface area is 130 Å². The van der Waals surface area contributed by atoms with Crippen molar-refractivity contribution in [2.75, 3.05) is 7.05 Å². The minimum atomic E-state index is 0.433. The quantitative estimate of drug-likeness (QED) is 0.675. The predicted molar refractivity (Wildman–Crippen MR) is 85.8 cm³/mol. The van der Waals surface area contributed by atoms with E-state index in [-0.39, 0.29) is 0 Å². The smallest absolute Gasteiger partial charge is 0.0812 e. The number of hydrogen-bond donors (Lipinski definition) is 0. The molecule has 1 aliphatic heterocycles. The Morgan fingerprint density at radius 3 is 2.24 bits per heavy atom. The van der Waals surface area contributed by atoms with E-state index < -0.39 is 0 Å². The van der Waals surface area contributed by atoms with Crippen LogP contribution >= 0.6 is 0 Å². The molecule has 4 aliphatic carbocycles. The van der Waals surface area contributed by atoms with Gasteiger partial charge in [0, 0.05) is 7.05 Å². The fourth-order valence-electron chi connectivity index (χ4n) is 6.65. The zero-order valence-electron chi connectivity index (χ0n) is 14.0. The fourth-order valence-corrected chi connectivity index (χ4v) is 6.65. The predicted octanol–water partition coefficient (Wildman–Crippen LogP) is 4.79. The van der Waals surface area contributed by atoms with Crippen molar-refractivity contribution in [2.24, 2.45) is 23.7 Å². The van der Waals surface area contributed by atoms with Crippen LogP contribution in [0.5, 0.6) is 0 Å². The Kier molecular flexibility index (Phi) is 3.82. The van der Waals surface area contributed by atoms with Crippen molar-refractivity contribution in [3.8, 4) is 0 Å².